The molecule has 0 spiro atoms. The fourth-order valence-corrected chi connectivity index (χ4v) is 4.43. The van der Waals surface area contributed by atoms with Gasteiger partial charge in [-0.15, -0.1) is 0 Å². The minimum atomic E-state index is -0.133. The Hall–Kier alpha value is -0.500. The summed E-state index contributed by atoms with van der Waals surface area (Å²) in [5.74, 6) is 1.44. The third-order valence-corrected chi connectivity index (χ3v) is 6.88. The molecular formula is C29H44I2O2. The molecule has 1 atom stereocenters. The van der Waals surface area contributed by atoms with Crippen LogP contribution in [0.4, 0.5) is 0 Å². The number of aromatic hydroxyl groups is 1. The van der Waals surface area contributed by atoms with Gasteiger partial charge in [-0.05, 0) is 123 Å². The molecule has 0 bridgehead atoms. The van der Waals surface area contributed by atoms with Crippen LogP contribution in [0.3, 0.4) is 0 Å². The fourth-order valence-electron chi connectivity index (χ4n) is 4.43. The fraction of sp³-hybridized carbons (Fsp3) is 0.586. The van der Waals surface area contributed by atoms with Crippen molar-refractivity contribution in [3.8, 4) is 11.5 Å². The Morgan fingerprint density at radius 3 is 2.00 bits per heavy atom. The van der Waals surface area contributed by atoms with Crippen molar-refractivity contribution in [2.75, 3.05) is 0 Å². The van der Waals surface area contributed by atoms with Crippen LogP contribution in [-0.2, 0) is 6.42 Å². The molecule has 2 nitrogen and oxygen atoms in total. The summed E-state index contributed by atoms with van der Waals surface area (Å²) in [7, 11) is 0. The average molecular weight is 678 g/mol. The number of halogens is 2. The summed E-state index contributed by atoms with van der Waals surface area (Å²) in [6.07, 6.45) is 15.8. The standard InChI is InChI=1S/C29H44O2.I2/c1-20(2)12-9-13-21(3)14-10-15-22(4)16-11-18-29(8)19-17-26-25(7)27(30)23(5)24(6)28(26)31-29;1-2/h12,14,16,30H,9-11,13,15,17-19H2,1-8H3;/b21-14+,22-16+;/t29-;/m1./s1. The number of benzene rings is 1. The van der Waals surface area contributed by atoms with E-state index >= 15 is 0 Å². The molecular weight excluding hydrogens is 634 g/mol. The summed E-state index contributed by atoms with van der Waals surface area (Å²) in [6.45, 7) is 17.1. The van der Waals surface area contributed by atoms with E-state index in [9.17, 15) is 5.11 Å². The van der Waals surface area contributed by atoms with Crippen LogP contribution < -0.4 is 4.74 Å². The number of phenols is 1. The highest BCUT2D eigenvalue weighted by molar-refractivity contribution is 15.0. The molecule has 1 aromatic rings. The van der Waals surface area contributed by atoms with Gasteiger partial charge in [-0.3, -0.25) is 0 Å². The quantitative estimate of drug-likeness (QED) is 0.208. The van der Waals surface area contributed by atoms with Crippen molar-refractivity contribution in [1.29, 1.82) is 0 Å². The van der Waals surface area contributed by atoms with E-state index in [4.69, 9.17) is 4.74 Å². The highest BCUT2D eigenvalue weighted by Gasteiger charge is 2.33. The van der Waals surface area contributed by atoms with E-state index in [1.165, 1.54) is 28.7 Å². The van der Waals surface area contributed by atoms with Gasteiger partial charge < -0.3 is 9.84 Å². The number of ether oxygens (including phenoxy) is 1. The Morgan fingerprint density at radius 2 is 1.42 bits per heavy atom. The largest absolute Gasteiger partial charge is 0.507 e. The second-order valence-corrected chi connectivity index (χ2v) is 10.1. The second kappa shape index (κ2) is 14.8. The lowest BCUT2D eigenvalue weighted by molar-refractivity contribution is 0.0558. The van der Waals surface area contributed by atoms with Gasteiger partial charge >= 0.3 is 0 Å². The van der Waals surface area contributed by atoms with E-state index in [0.717, 1.165) is 67.4 Å². The van der Waals surface area contributed by atoms with Crippen LogP contribution in [0.15, 0.2) is 34.9 Å². The maximum Gasteiger partial charge on any atom is 0.127 e. The zero-order valence-electron chi connectivity index (χ0n) is 22.0. The molecule has 0 fully saturated rings. The number of rotatable bonds is 9. The molecule has 1 aromatic carbocycles. The normalized spacial score (nSPS) is 18.1. The second-order valence-electron chi connectivity index (χ2n) is 10.1. The van der Waals surface area contributed by atoms with E-state index < -0.39 is 0 Å². The molecule has 0 amide bonds. The zero-order chi connectivity index (χ0) is 25.2. The van der Waals surface area contributed by atoms with Gasteiger partial charge in [-0.2, -0.15) is 0 Å². The molecule has 0 saturated heterocycles. The molecule has 0 aliphatic carbocycles. The molecule has 1 N–H and O–H groups in total. The Balaban J connectivity index is 0.00000265. The predicted molar refractivity (Wildman–Crippen MR) is 162 cm³/mol. The first-order valence-electron chi connectivity index (χ1n) is 12.1. The van der Waals surface area contributed by atoms with Crippen molar-refractivity contribution in [2.45, 2.75) is 112 Å². The zero-order valence-corrected chi connectivity index (χ0v) is 26.3. The molecule has 0 aromatic heterocycles. The van der Waals surface area contributed by atoms with E-state index in [1.807, 2.05) is 13.8 Å². The van der Waals surface area contributed by atoms with Crippen LogP contribution in [0.5, 0.6) is 11.5 Å². The first-order chi connectivity index (χ1) is 15.5. The highest BCUT2D eigenvalue weighted by atomic mass is 128. The van der Waals surface area contributed by atoms with Crippen LogP contribution in [-0.4, -0.2) is 10.7 Å². The van der Waals surface area contributed by atoms with E-state index in [1.54, 1.807) is 0 Å². The molecule has 0 radical (unpaired) electrons. The van der Waals surface area contributed by atoms with Crippen LogP contribution in [0.25, 0.3) is 0 Å². The lowest BCUT2D eigenvalue weighted by Gasteiger charge is -2.38. The summed E-state index contributed by atoms with van der Waals surface area (Å²) in [5.41, 5.74) is 8.45. The Labute approximate surface area is 226 Å². The summed E-state index contributed by atoms with van der Waals surface area (Å²) in [4.78, 5) is 0. The molecule has 2 rings (SSSR count). The molecule has 0 saturated carbocycles. The Kier molecular flexibility index (Phi) is 13.7. The van der Waals surface area contributed by atoms with Gasteiger partial charge in [0.05, 0.1) is 0 Å². The number of hydrogen-bond donors (Lipinski definition) is 1. The molecule has 4 heteroatoms. The van der Waals surface area contributed by atoms with Crippen molar-refractivity contribution in [2.24, 2.45) is 0 Å². The number of allylic oxidation sites excluding steroid dienone is 6. The lowest BCUT2D eigenvalue weighted by Crippen LogP contribution is -2.37. The van der Waals surface area contributed by atoms with Gasteiger partial charge in [0, 0.05) is 42.8 Å². The van der Waals surface area contributed by atoms with Gasteiger partial charge in [-0.1, -0.05) is 34.9 Å². The summed E-state index contributed by atoms with van der Waals surface area (Å²) >= 11 is 4.24. The number of phenolic OH excluding ortho intramolecular Hbond substituents is 1. The van der Waals surface area contributed by atoms with Crippen LogP contribution in [0.1, 0.15) is 102 Å². The molecule has 1 heterocycles. The van der Waals surface area contributed by atoms with E-state index in [2.05, 4.69) is 97.0 Å². The van der Waals surface area contributed by atoms with Gasteiger partial charge in [0.15, 0.2) is 0 Å². The van der Waals surface area contributed by atoms with E-state index in [-0.39, 0.29) is 5.60 Å². The minimum absolute atomic E-state index is 0.133. The SMILES string of the molecule is CC(C)=CCC/C(C)=C/CC/C(C)=C/CC[C@]1(C)CCc2c(C)c(O)c(C)c(C)c2O1.II. The van der Waals surface area contributed by atoms with Crippen LogP contribution in [0, 0.1) is 20.8 Å². The van der Waals surface area contributed by atoms with Crippen molar-refractivity contribution in [1.82, 2.24) is 0 Å². The van der Waals surface area contributed by atoms with Crippen LogP contribution in [0.2, 0.25) is 0 Å². The molecule has 33 heavy (non-hydrogen) atoms. The van der Waals surface area contributed by atoms with E-state index in [0.29, 0.717) is 5.75 Å². The van der Waals surface area contributed by atoms with Crippen LogP contribution >= 0.6 is 37.2 Å². The number of hydrogen-bond acceptors (Lipinski definition) is 2. The maximum atomic E-state index is 10.4. The third-order valence-electron chi connectivity index (χ3n) is 6.88. The lowest BCUT2D eigenvalue weighted by atomic mass is 9.85. The van der Waals surface area contributed by atoms with Gasteiger partial charge in [0.1, 0.15) is 17.1 Å². The van der Waals surface area contributed by atoms with Gasteiger partial charge in [0.25, 0.3) is 0 Å². The van der Waals surface area contributed by atoms with Gasteiger partial charge in [-0.25, -0.2) is 0 Å². The maximum absolute atomic E-state index is 10.4. The minimum Gasteiger partial charge on any atom is -0.507 e. The monoisotopic (exact) mass is 678 g/mol. The topological polar surface area (TPSA) is 29.5 Å². The average Bonchev–Trinajstić information content (AvgIpc) is 2.77. The van der Waals surface area contributed by atoms with Crippen molar-refractivity contribution >= 4 is 37.2 Å². The molecule has 1 aliphatic heterocycles. The van der Waals surface area contributed by atoms with Crippen molar-refractivity contribution < 1.29 is 9.84 Å². The first-order valence-corrected chi connectivity index (χ1v) is 18.4. The summed E-state index contributed by atoms with van der Waals surface area (Å²) in [5, 5.41) is 10.4. The summed E-state index contributed by atoms with van der Waals surface area (Å²) < 4.78 is 6.56. The first kappa shape index (κ1) is 30.5. The Bertz CT molecular complexity index is 876. The molecule has 186 valence electrons. The molecule has 0 unspecified atom stereocenters. The predicted octanol–water partition coefficient (Wildman–Crippen LogP) is 10.4. The third kappa shape index (κ3) is 9.58. The van der Waals surface area contributed by atoms with Crippen molar-refractivity contribution in [3.05, 3.63) is 57.2 Å². The highest BCUT2D eigenvalue weighted by Crippen LogP contribution is 2.44. The summed E-state index contributed by atoms with van der Waals surface area (Å²) in [6, 6.07) is 0. The number of fused-ring (bicyclic) bond motifs is 1. The molecule has 1 aliphatic rings. The Morgan fingerprint density at radius 1 is 0.879 bits per heavy atom. The van der Waals surface area contributed by atoms with Gasteiger partial charge in [0.2, 0.25) is 0 Å². The van der Waals surface area contributed by atoms with Crippen molar-refractivity contribution in [3.63, 3.8) is 0 Å². The smallest absolute Gasteiger partial charge is 0.127 e.